The fourth-order valence-corrected chi connectivity index (χ4v) is 8.45. The van der Waals surface area contributed by atoms with Gasteiger partial charge < -0.3 is 0 Å². The molecule has 3 nitrogen and oxygen atoms in total. The van der Waals surface area contributed by atoms with Crippen molar-refractivity contribution in [3.63, 3.8) is 0 Å². The molecule has 0 saturated heterocycles. The molecule has 0 spiro atoms. The third-order valence-corrected chi connectivity index (χ3v) is 10.0. The van der Waals surface area contributed by atoms with Crippen LogP contribution < -0.4 is 0 Å². The molecular weight excluding hydrogens is 346 g/mol. The number of hydrogen-bond acceptors (Lipinski definition) is 3. The second-order valence-electron chi connectivity index (χ2n) is 10.9. The maximum absolute atomic E-state index is 13.8. The SMILES string of the molecule is CCC1C(=O)C2C3CCC(CCCC#N)C3(C)CCC2C2(C)CCC(=O)CC12. The van der Waals surface area contributed by atoms with E-state index in [4.69, 9.17) is 5.26 Å². The molecule has 0 aromatic rings. The lowest BCUT2D eigenvalue weighted by atomic mass is 9.42. The Kier molecular flexibility index (Phi) is 5.22. The molecule has 3 heteroatoms. The number of Topliss-reactive ketones (excluding diaryl/α,β-unsaturated/α-hetero) is 2. The Bertz CT molecular complexity index is 693. The van der Waals surface area contributed by atoms with Crippen LogP contribution >= 0.6 is 0 Å². The number of nitriles is 1. The third kappa shape index (κ3) is 2.81. The third-order valence-electron chi connectivity index (χ3n) is 10.0. The van der Waals surface area contributed by atoms with Crippen LogP contribution in [0.1, 0.15) is 91.4 Å². The van der Waals surface area contributed by atoms with Gasteiger partial charge in [0.1, 0.15) is 11.6 Å². The molecular formula is C25H37NO2. The first-order valence-corrected chi connectivity index (χ1v) is 11.8. The highest BCUT2D eigenvalue weighted by Crippen LogP contribution is 2.68. The van der Waals surface area contributed by atoms with Crippen molar-refractivity contribution in [1.29, 1.82) is 5.26 Å². The molecule has 4 rings (SSSR count). The maximum atomic E-state index is 13.8. The van der Waals surface area contributed by atoms with E-state index in [0.717, 1.165) is 38.5 Å². The predicted octanol–water partition coefficient (Wildman–Crippen LogP) is 5.72. The molecule has 0 radical (unpaired) electrons. The van der Waals surface area contributed by atoms with Crippen molar-refractivity contribution in [3.05, 3.63) is 0 Å². The van der Waals surface area contributed by atoms with Crippen LogP contribution in [-0.4, -0.2) is 11.6 Å². The number of fused-ring (bicyclic) bond motifs is 5. The summed E-state index contributed by atoms with van der Waals surface area (Å²) in [5.41, 5.74) is 0.450. The van der Waals surface area contributed by atoms with Crippen LogP contribution in [0.3, 0.4) is 0 Å². The summed E-state index contributed by atoms with van der Waals surface area (Å²) >= 11 is 0. The van der Waals surface area contributed by atoms with Gasteiger partial charge in [-0.25, -0.2) is 0 Å². The van der Waals surface area contributed by atoms with Gasteiger partial charge in [-0.15, -0.1) is 0 Å². The highest BCUT2D eigenvalue weighted by molar-refractivity contribution is 5.88. The molecule has 8 atom stereocenters. The zero-order valence-corrected chi connectivity index (χ0v) is 18.0. The molecule has 0 amide bonds. The van der Waals surface area contributed by atoms with Crippen LogP contribution in [0.15, 0.2) is 0 Å². The highest BCUT2D eigenvalue weighted by atomic mass is 16.1. The smallest absolute Gasteiger partial charge is 0.139 e. The van der Waals surface area contributed by atoms with Gasteiger partial charge in [0, 0.05) is 31.1 Å². The topological polar surface area (TPSA) is 57.9 Å². The summed E-state index contributed by atoms with van der Waals surface area (Å²) in [4.78, 5) is 26.0. The Morgan fingerprint density at radius 1 is 1.04 bits per heavy atom. The molecule has 4 saturated carbocycles. The average Bonchev–Trinajstić information content (AvgIpc) is 3.00. The van der Waals surface area contributed by atoms with Crippen LogP contribution in [0, 0.1) is 57.7 Å². The zero-order chi connectivity index (χ0) is 20.1. The van der Waals surface area contributed by atoms with Gasteiger partial charge in [-0.3, -0.25) is 9.59 Å². The molecule has 154 valence electrons. The molecule has 4 fully saturated rings. The molecule has 4 aliphatic carbocycles. The van der Waals surface area contributed by atoms with Crippen molar-refractivity contribution in [2.24, 2.45) is 46.3 Å². The molecule has 0 bridgehead atoms. The first-order chi connectivity index (χ1) is 13.4. The summed E-state index contributed by atoms with van der Waals surface area (Å²) in [7, 11) is 0. The molecule has 0 aliphatic heterocycles. The van der Waals surface area contributed by atoms with E-state index in [9.17, 15) is 9.59 Å². The largest absolute Gasteiger partial charge is 0.300 e. The fraction of sp³-hybridized carbons (Fsp3) is 0.880. The minimum Gasteiger partial charge on any atom is -0.300 e. The van der Waals surface area contributed by atoms with E-state index in [0.29, 0.717) is 42.2 Å². The zero-order valence-electron chi connectivity index (χ0n) is 18.0. The summed E-state index contributed by atoms with van der Waals surface area (Å²) < 4.78 is 0. The van der Waals surface area contributed by atoms with Gasteiger partial charge in [-0.2, -0.15) is 5.26 Å². The number of ketones is 2. The lowest BCUT2D eigenvalue weighted by Crippen LogP contribution is -2.60. The Labute approximate surface area is 170 Å². The number of rotatable bonds is 4. The lowest BCUT2D eigenvalue weighted by molar-refractivity contribution is -0.169. The Hall–Kier alpha value is -1.17. The number of nitrogens with zero attached hydrogens (tertiary/aromatic N) is 1. The summed E-state index contributed by atoms with van der Waals surface area (Å²) in [6, 6.07) is 2.30. The molecule has 4 aliphatic rings. The molecule has 0 N–H and O–H groups in total. The van der Waals surface area contributed by atoms with E-state index in [2.05, 4.69) is 26.8 Å². The summed E-state index contributed by atoms with van der Waals surface area (Å²) in [6.45, 7) is 7.05. The number of carbonyl (C=O) groups excluding carboxylic acids is 2. The van der Waals surface area contributed by atoms with Crippen molar-refractivity contribution in [2.75, 3.05) is 0 Å². The monoisotopic (exact) mass is 383 g/mol. The Morgan fingerprint density at radius 2 is 1.79 bits per heavy atom. The van der Waals surface area contributed by atoms with Gasteiger partial charge in [0.05, 0.1) is 6.07 Å². The van der Waals surface area contributed by atoms with Crippen LogP contribution in [-0.2, 0) is 9.59 Å². The van der Waals surface area contributed by atoms with Crippen LogP contribution in [0.25, 0.3) is 0 Å². The van der Waals surface area contributed by atoms with E-state index < -0.39 is 0 Å². The van der Waals surface area contributed by atoms with E-state index >= 15 is 0 Å². The van der Waals surface area contributed by atoms with Crippen molar-refractivity contribution in [1.82, 2.24) is 0 Å². The van der Waals surface area contributed by atoms with E-state index in [1.54, 1.807) is 0 Å². The lowest BCUT2D eigenvalue weighted by Gasteiger charge is -2.61. The molecule has 0 aromatic carbocycles. The molecule has 0 heterocycles. The normalized spacial score (nSPS) is 47.8. The minimum atomic E-state index is 0.0930. The molecule has 0 aromatic heterocycles. The van der Waals surface area contributed by atoms with Crippen LogP contribution in [0.4, 0.5) is 0 Å². The number of unbranched alkanes of at least 4 members (excludes halogenated alkanes) is 1. The van der Waals surface area contributed by atoms with Gasteiger partial charge in [0.25, 0.3) is 0 Å². The fourth-order valence-electron chi connectivity index (χ4n) is 8.45. The number of hydrogen-bond donors (Lipinski definition) is 0. The van der Waals surface area contributed by atoms with Gasteiger partial charge in [-0.05, 0) is 85.9 Å². The maximum Gasteiger partial charge on any atom is 0.139 e. The van der Waals surface area contributed by atoms with E-state index in [-0.39, 0.29) is 28.6 Å². The first-order valence-electron chi connectivity index (χ1n) is 11.8. The standard InChI is InChI=1S/C25H37NO2/c1-4-18-21-15-17(27)10-12-25(21,3)20-11-13-24(2)16(7-5-6-14-26)8-9-19(24)22(20)23(18)28/h16,18-22H,4-13,15H2,1-3H3. The summed E-state index contributed by atoms with van der Waals surface area (Å²) in [5, 5.41) is 8.92. The van der Waals surface area contributed by atoms with Gasteiger partial charge >= 0.3 is 0 Å². The van der Waals surface area contributed by atoms with Crippen molar-refractivity contribution < 1.29 is 9.59 Å². The van der Waals surface area contributed by atoms with E-state index in [1.165, 1.54) is 19.3 Å². The number of carbonyl (C=O) groups is 2. The Morgan fingerprint density at radius 3 is 2.50 bits per heavy atom. The summed E-state index contributed by atoms with van der Waals surface area (Å²) in [6.07, 6.45) is 10.9. The first kappa shape index (κ1) is 20.1. The second-order valence-corrected chi connectivity index (χ2v) is 10.9. The minimum absolute atomic E-state index is 0.0930. The van der Waals surface area contributed by atoms with Crippen molar-refractivity contribution in [2.45, 2.75) is 91.4 Å². The molecule has 8 unspecified atom stereocenters. The van der Waals surface area contributed by atoms with Gasteiger partial charge in [-0.1, -0.05) is 20.8 Å². The van der Waals surface area contributed by atoms with Gasteiger partial charge in [0.15, 0.2) is 0 Å². The van der Waals surface area contributed by atoms with Gasteiger partial charge in [0.2, 0.25) is 0 Å². The van der Waals surface area contributed by atoms with Crippen molar-refractivity contribution >= 4 is 11.6 Å². The quantitative estimate of drug-likeness (QED) is 0.583. The van der Waals surface area contributed by atoms with Crippen LogP contribution in [0.2, 0.25) is 0 Å². The van der Waals surface area contributed by atoms with E-state index in [1.807, 2.05) is 0 Å². The van der Waals surface area contributed by atoms with Crippen LogP contribution in [0.5, 0.6) is 0 Å². The van der Waals surface area contributed by atoms with Crippen molar-refractivity contribution in [3.8, 4) is 6.07 Å². The Balaban J connectivity index is 1.64. The summed E-state index contributed by atoms with van der Waals surface area (Å²) in [5.74, 6) is 3.18. The molecule has 28 heavy (non-hydrogen) atoms. The predicted molar refractivity (Wildman–Crippen MR) is 109 cm³/mol. The second kappa shape index (κ2) is 7.26. The highest BCUT2D eigenvalue weighted by Gasteiger charge is 2.64. The average molecular weight is 384 g/mol.